The fourth-order valence-corrected chi connectivity index (χ4v) is 4.40. The van der Waals surface area contributed by atoms with Crippen LogP contribution in [0.4, 0.5) is 0 Å². The molecule has 0 radical (unpaired) electrons. The number of amides is 1. The number of carbonyl (C=O) groups is 1. The van der Waals surface area contributed by atoms with Crippen LogP contribution in [0.2, 0.25) is 5.02 Å². The SMILES string of the molecule is NCCN(C1CCOCC1)C1CCN(C(=O)Cc2ccccc2Cl)CC1. The summed E-state index contributed by atoms with van der Waals surface area (Å²) in [5, 5.41) is 0.671. The van der Waals surface area contributed by atoms with Gasteiger partial charge < -0.3 is 15.4 Å². The summed E-state index contributed by atoms with van der Waals surface area (Å²) in [5.41, 5.74) is 6.78. The number of halogens is 1. The van der Waals surface area contributed by atoms with Gasteiger partial charge in [0.2, 0.25) is 5.91 Å². The predicted octanol–water partition coefficient (Wildman–Crippen LogP) is 2.31. The molecular formula is C20H30ClN3O2. The molecule has 0 bridgehead atoms. The average molecular weight is 380 g/mol. The maximum Gasteiger partial charge on any atom is 0.227 e. The van der Waals surface area contributed by atoms with Crippen molar-refractivity contribution < 1.29 is 9.53 Å². The van der Waals surface area contributed by atoms with Crippen molar-refractivity contribution in [2.45, 2.75) is 44.2 Å². The lowest BCUT2D eigenvalue weighted by Gasteiger charge is -2.43. The van der Waals surface area contributed by atoms with Gasteiger partial charge in [-0.3, -0.25) is 9.69 Å². The Morgan fingerprint density at radius 1 is 1.15 bits per heavy atom. The van der Waals surface area contributed by atoms with Gasteiger partial charge in [-0.25, -0.2) is 0 Å². The summed E-state index contributed by atoms with van der Waals surface area (Å²) in [6, 6.07) is 8.69. The van der Waals surface area contributed by atoms with Crippen LogP contribution in [0, 0.1) is 0 Å². The van der Waals surface area contributed by atoms with E-state index in [1.54, 1.807) is 0 Å². The lowest BCUT2D eigenvalue weighted by atomic mass is 9.97. The van der Waals surface area contributed by atoms with Gasteiger partial charge in [0.05, 0.1) is 6.42 Å². The fraction of sp³-hybridized carbons (Fsp3) is 0.650. The Kier molecular flexibility index (Phi) is 7.32. The highest BCUT2D eigenvalue weighted by Crippen LogP contribution is 2.24. The number of nitrogens with two attached hydrogens (primary N) is 1. The molecule has 6 heteroatoms. The summed E-state index contributed by atoms with van der Waals surface area (Å²) in [6.07, 6.45) is 4.60. The number of piperidine rings is 1. The van der Waals surface area contributed by atoms with Crippen molar-refractivity contribution in [1.29, 1.82) is 0 Å². The maximum atomic E-state index is 12.6. The largest absolute Gasteiger partial charge is 0.381 e. The smallest absolute Gasteiger partial charge is 0.227 e. The van der Waals surface area contributed by atoms with Gasteiger partial charge in [0.25, 0.3) is 0 Å². The lowest BCUT2D eigenvalue weighted by Crippen LogP contribution is -2.52. The molecule has 2 aliphatic heterocycles. The first kappa shape index (κ1) is 19.6. The van der Waals surface area contributed by atoms with Crippen LogP contribution in [0.1, 0.15) is 31.2 Å². The highest BCUT2D eigenvalue weighted by Gasteiger charge is 2.31. The molecule has 0 unspecified atom stereocenters. The molecule has 0 aromatic heterocycles. The Bertz CT molecular complexity index is 584. The number of ether oxygens (including phenoxy) is 1. The molecule has 2 heterocycles. The van der Waals surface area contributed by atoms with Crippen molar-refractivity contribution in [3.05, 3.63) is 34.9 Å². The van der Waals surface area contributed by atoms with E-state index >= 15 is 0 Å². The first-order valence-corrected chi connectivity index (χ1v) is 10.1. The molecule has 2 N–H and O–H groups in total. The molecule has 1 aromatic carbocycles. The second-order valence-electron chi connectivity index (χ2n) is 7.25. The van der Waals surface area contributed by atoms with Crippen molar-refractivity contribution in [2.24, 2.45) is 5.73 Å². The molecule has 144 valence electrons. The van der Waals surface area contributed by atoms with Gasteiger partial charge in [0, 0.05) is 56.5 Å². The number of nitrogens with zero attached hydrogens (tertiary/aromatic N) is 2. The van der Waals surface area contributed by atoms with Crippen LogP contribution in [0.15, 0.2) is 24.3 Å². The molecule has 2 aliphatic rings. The molecule has 5 nitrogen and oxygen atoms in total. The van der Waals surface area contributed by atoms with Crippen molar-refractivity contribution in [3.63, 3.8) is 0 Å². The summed E-state index contributed by atoms with van der Waals surface area (Å²) >= 11 is 6.19. The summed E-state index contributed by atoms with van der Waals surface area (Å²) in [5.74, 6) is 0.174. The van der Waals surface area contributed by atoms with Gasteiger partial charge in [-0.15, -0.1) is 0 Å². The fourth-order valence-electron chi connectivity index (χ4n) is 4.19. The third kappa shape index (κ3) is 4.97. The van der Waals surface area contributed by atoms with Gasteiger partial charge in [-0.2, -0.15) is 0 Å². The average Bonchev–Trinajstić information content (AvgIpc) is 2.69. The Morgan fingerprint density at radius 3 is 2.46 bits per heavy atom. The molecule has 0 aliphatic carbocycles. The third-order valence-electron chi connectivity index (χ3n) is 5.63. The Labute approximate surface area is 161 Å². The van der Waals surface area contributed by atoms with Crippen LogP contribution in [0.3, 0.4) is 0 Å². The van der Waals surface area contributed by atoms with Crippen LogP contribution in [-0.2, 0) is 16.0 Å². The van der Waals surface area contributed by atoms with Crippen LogP contribution in [0.25, 0.3) is 0 Å². The Balaban J connectivity index is 1.53. The van der Waals surface area contributed by atoms with Crippen LogP contribution in [0.5, 0.6) is 0 Å². The van der Waals surface area contributed by atoms with Gasteiger partial charge in [-0.05, 0) is 37.3 Å². The second kappa shape index (κ2) is 9.70. The van der Waals surface area contributed by atoms with Gasteiger partial charge in [-0.1, -0.05) is 29.8 Å². The summed E-state index contributed by atoms with van der Waals surface area (Å²) in [6.45, 7) is 4.95. The highest BCUT2D eigenvalue weighted by atomic mass is 35.5. The third-order valence-corrected chi connectivity index (χ3v) is 6.00. The van der Waals surface area contributed by atoms with Crippen LogP contribution in [-0.4, -0.2) is 67.2 Å². The molecule has 3 rings (SSSR count). The number of hydrogen-bond acceptors (Lipinski definition) is 4. The van der Waals surface area contributed by atoms with E-state index in [4.69, 9.17) is 22.1 Å². The molecule has 0 spiro atoms. The number of rotatable bonds is 6. The summed E-state index contributed by atoms with van der Waals surface area (Å²) < 4.78 is 5.51. The first-order chi connectivity index (χ1) is 12.7. The van der Waals surface area contributed by atoms with Gasteiger partial charge in [0.15, 0.2) is 0 Å². The first-order valence-electron chi connectivity index (χ1n) is 9.73. The molecule has 2 fully saturated rings. The second-order valence-corrected chi connectivity index (χ2v) is 7.66. The van der Waals surface area contributed by atoms with E-state index in [-0.39, 0.29) is 5.91 Å². The Hall–Kier alpha value is -1.14. The number of benzene rings is 1. The number of hydrogen-bond donors (Lipinski definition) is 1. The minimum Gasteiger partial charge on any atom is -0.381 e. The molecule has 1 amide bonds. The molecular weight excluding hydrogens is 350 g/mol. The molecule has 2 saturated heterocycles. The minimum absolute atomic E-state index is 0.174. The monoisotopic (exact) mass is 379 g/mol. The summed E-state index contributed by atoms with van der Waals surface area (Å²) in [7, 11) is 0. The van der Waals surface area contributed by atoms with E-state index in [9.17, 15) is 4.79 Å². The summed E-state index contributed by atoms with van der Waals surface area (Å²) in [4.78, 5) is 17.2. The van der Waals surface area contributed by atoms with Gasteiger partial charge >= 0.3 is 0 Å². The van der Waals surface area contributed by atoms with E-state index in [1.807, 2.05) is 29.2 Å². The van der Waals surface area contributed by atoms with Crippen molar-refractivity contribution in [3.8, 4) is 0 Å². The molecule has 0 saturated carbocycles. The van der Waals surface area contributed by atoms with Crippen molar-refractivity contribution in [2.75, 3.05) is 39.4 Å². The normalized spacial score (nSPS) is 19.9. The zero-order chi connectivity index (χ0) is 18.4. The van der Waals surface area contributed by atoms with E-state index < -0.39 is 0 Å². The maximum absolute atomic E-state index is 12.6. The lowest BCUT2D eigenvalue weighted by molar-refractivity contribution is -0.132. The quantitative estimate of drug-likeness (QED) is 0.824. The van der Waals surface area contributed by atoms with Gasteiger partial charge in [0.1, 0.15) is 0 Å². The zero-order valence-electron chi connectivity index (χ0n) is 15.4. The molecule has 1 aromatic rings. The zero-order valence-corrected chi connectivity index (χ0v) is 16.2. The van der Waals surface area contributed by atoms with E-state index in [1.165, 1.54) is 0 Å². The molecule has 26 heavy (non-hydrogen) atoms. The van der Waals surface area contributed by atoms with E-state index in [2.05, 4.69) is 4.90 Å². The van der Waals surface area contributed by atoms with Crippen molar-refractivity contribution >= 4 is 17.5 Å². The Morgan fingerprint density at radius 2 is 1.81 bits per heavy atom. The van der Waals surface area contributed by atoms with Crippen molar-refractivity contribution in [1.82, 2.24) is 9.80 Å². The highest BCUT2D eigenvalue weighted by molar-refractivity contribution is 6.31. The number of likely N-dealkylation sites (tertiary alicyclic amines) is 1. The minimum atomic E-state index is 0.174. The predicted molar refractivity (Wildman–Crippen MR) is 104 cm³/mol. The standard InChI is InChI=1S/C20H30ClN3O2/c21-19-4-2-1-3-16(19)15-20(25)23-10-5-17(6-11-23)24(12-9-22)18-7-13-26-14-8-18/h1-4,17-18H,5-15,22H2. The topological polar surface area (TPSA) is 58.8 Å². The van der Waals surface area contributed by atoms with Crippen LogP contribution < -0.4 is 5.73 Å². The molecule has 0 atom stereocenters. The number of carbonyl (C=O) groups excluding carboxylic acids is 1. The van der Waals surface area contributed by atoms with E-state index in [0.717, 1.165) is 64.1 Å². The van der Waals surface area contributed by atoms with Crippen LogP contribution >= 0.6 is 11.6 Å². The van der Waals surface area contributed by atoms with E-state index in [0.29, 0.717) is 30.1 Å².